The molecule has 1 N–H and O–H groups in total. The fourth-order valence-corrected chi connectivity index (χ4v) is 3.25. The van der Waals surface area contributed by atoms with E-state index in [0.29, 0.717) is 0 Å². The molecule has 1 nitrogen and oxygen atoms in total. The molecule has 1 fully saturated rings. The first-order chi connectivity index (χ1) is 7.17. The Hall–Kier alpha value is 0.310. The van der Waals surface area contributed by atoms with E-state index in [2.05, 4.69) is 32.3 Å². The highest BCUT2D eigenvalue weighted by Crippen LogP contribution is 2.29. The van der Waals surface area contributed by atoms with E-state index in [0.717, 1.165) is 23.9 Å². The molecule has 1 rings (SSSR count). The number of thioether (sulfide) groups is 1. The standard InChI is InChI=1S/C13H27NS/c1-5-12(9-15-4)14-13-7-6-10(2)11(3)8-13/h10-14H,5-9H2,1-4H3. The van der Waals surface area contributed by atoms with E-state index in [1.54, 1.807) is 0 Å². The van der Waals surface area contributed by atoms with Crippen LogP contribution in [0.3, 0.4) is 0 Å². The van der Waals surface area contributed by atoms with Gasteiger partial charge in [0.25, 0.3) is 0 Å². The van der Waals surface area contributed by atoms with E-state index in [9.17, 15) is 0 Å². The zero-order valence-electron chi connectivity index (χ0n) is 10.8. The van der Waals surface area contributed by atoms with Crippen LogP contribution in [0.2, 0.25) is 0 Å². The van der Waals surface area contributed by atoms with E-state index in [1.165, 1.54) is 31.4 Å². The van der Waals surface area contributed by atoms with E-state index in [4.69, 9.17) is 0 Å². The van der Waals surface area contributed by atoms with Gasteiger partial charge in [0, 0.05) is 17.8 Å². The molecule has 0 aliphatic heterocycles. The van der Waals surface area contributed by atoms with Crippen molar-refractivity contribution in [3.8, 4) is 0 Å². The fraction of sp³-hybridized carbons (Fsp3) is 1.00. The van der Waals surface area contributed by atoms with Gasteiger partial charge in [-0.25, -0.2) is 0 Å². The lowest BCUT2D eigenvalue weighted by Crippen LogP contribution is -2.43. The number of nitrogens with one attached hydrogen (secondary N) is 1. The van der Waals surface area contributed by atoms with Gasteiger partial charge in [0.2, 0.25) is 0 Å². The smallest absolute Gasteiger partial charge is 0.0158 e. The van der Waals surface area contributed by atoms with Crippen LogP contribution in [-0.2, 0) is 0 Å². The Labute approximate surface area is 99.8 Å². The minimum absolute atomic E-state index is 0.727. The third-order valence-electron chi connectivity index (χ3n) is 3.93. The van der Waals surface area contributed by atoms with Crippen molar-refractivity contribution in [3.63, 3.8) is 0 Å². The molecule has 90 valence electrons. The first-order valence-corrected chi connectivity index (χ1v) is 7.81. The molecular weight excluding hydrogens is 202 g/mol. The predicted molar refractivity (Wildman–Crippen MR) is 71.6 cm³/mol. The van der Waals surface area contributed by atoms with Gasteiger partial charge in [0.1, 0.15) is 0 Å². The predicted octanol–water partition coefficient (Wildman–Crippen LogP) is 3.54. The molecule has 0 heterocycles. The Morgan fingerprint density at radius 2 is 2.00 bits per heavy atom. The average Bonchev–Trinajstić information content (AvgIpc) is 2.23. The molecule has 1 aliphatic rings. The van der Waals surface area contributed by atoms with Gasteiger partial charge in [-0.2, -0.15) is 11.8 Å². The summed E-state index contributed by atoms with van der Waals surface area (Å²) in [6, 6.07) is 1.51. The zero-order chi connectivity index (χ0) is 11.3. The van der Waals surface area contributed by atoms with Crippen molar-refractivity contribution < 1.29 is 0 Å². The normalized spacial score (nSPS) is 34.0. The highest BCUT2D eigenvalue weighted by Gasteiger charge is 2.25. The second kappa shape index (κ2) is 6.80. The monoisotopic (exact) mass is 229 g/mol. The first-order valence-electron chi connectivity index (χ1n) is 6.42. The van der Waals surface area contributed by atoms with Gasteiger partial charge in [0.15, 0.2) is 0 Å². The maximum absolute atomic E-state index is 3.84. The summed E-state index contributed by atoms with van der Waals surface area (Å²) >= 11 is 1.96. The summed E-state index contributed by atoms with van der Waals surface area (Å²) in [5.41, 5.74) is 0. The van der Waals surface area contributed by atoms with Crippen molar-refractivity contribution >= 4 is 11.8 Å². The molecule has 0 saturated heterocycles. The highest BCUT2D eigenvalue weighted by molar-refractivity contribution is 7.98. The van der Waals surface area contributed by atoms with Crippen LogP contribution in [0.4, 0.5) is 0 Å². The maximum Gasteiger partial charge on any atom is 0.0158 e. The third-order valence-corrected chi connectivity index (χ3v) is 4.67. The number of hydrogen-bond acceptors (Lipinski definition) is 2. The lowest BCUT2D eigenvalue weighted by molar-refractivity contribution is 0.217. The summed E-state index contributed by atoms with van der Waals surface area (Å²) in [6.07, 6.45) is 7.65. The Balaban J connectivity index is 2.31. The van der Waals surface area contributed by atoms with Crippen molar-refractivity contribution in [1.29, 1.82) is 0 Å². The Morgan fingerprint density at radius 1 is 1.27 bits per heavy atom. The summed E-state index contributed by atoms with van der Waals surface area (Å²) in [5, 5.41) is 3.84. The van der Waals surface area contributed by atoms with Crippen LogP contribution < -0.4 is 5.32 Å². The number of rotatable bonds is 5. The molecule has 4 unspecified atom stereocenters. The lowest BCUT2D eigenvalue weighted by Gasteiger charge is -2.34. The summed E-state index contributed by atoms with van der Waals surface area (Å²) < 4.78 is 0. The third kappa shape index (κ3) is 4.36. The molecule has 0 spiro atoms. The van der Waals surface area contributed by atoms with E-state index >= 15 is 0 Å². The van der Waals surface area contributed by atoms with Crippen LogP contribution in [0.25, 0.3) is 0 Å². The fourth-order valence-electron chi connectivity index (χ4n) is 2.52. The Morgan fingerprint density at radius 3 is 2.53 bits per heavy atom. The van der Waals surface area contributed by atoms with Crippen LogP contribution >= 0.6 is 11.8 Å². The average molecular weight is 229 g/mol. The van der Waals surface area contributed by atoms with Gasteiger partial charge in [-0.1, -0.05) is 20.8 Å². The minimum atomic E-state index is 0.727. The molecule has 0 aromatic rings. The molecule has 0 radical (unpaired) electrons. The van der Waals surface area contributed by atoms with Crippen LogP contribution in [0.1, 0.15) is 46.5 Å². The molecule has 1 saturated carbocycles. The van der Waals surface area contributed by atoms with E-state index in [1.807, 2.05) is 11.8 Å². The van der Waals surface area contributed by atoms with Gasteiger partial charge >= 0.3 is 0 Å². The zero-order valence-corrected chi connectivity index (χ0v) is 11.6. The second-order valence-electron chi connectivity index (χ2n) is 5.19. The summed E-state index contributed by atoms with van der Waals surface area (Å²) in [4.78, 5) is 0. The Kier molecular flexibility index (Phi) is 6.06. The molecule has 0 bridgehead atoms. The SMILES string of the molecule is CCC(CSC)NC1CCC(C)C(C)C1. The van der Waals surface area contributed by atoms with Gasteiger partial charge in [-0.15, -0.1) is 0 Å². The molecule has 0 amide bonds. The van der Waals surface area contributed by atoms with Crippen molar-refractivity contribution in [3.05, 3.63) is 0 Å². The van der Waals surface area contributed by atoms with Gasteiger partial charge < -0.3 is 5.32 Å². The van der Waals surface area contributed by atoms with Crippen LogP contribution in [-0.4, -0.2) is 24.1 Å². The van der Waals surface area contributed by atoms with Crippen molar-refractivity contribution in [2.24, 2.45) is 11.8 Å². The van der Waals surface area contributed by atoms with Crippen LogP contribution in [0.5, 0.6) is 0 Å². The molecule has 15 heavy (non-hydrogen) atoms. The van der Waals surface area contributed by atoms with Crippen molar-refractivity contribution in [2.45, 2.75) is 58.5 Å². The number of hydrogen-bond donors (Lipinski definition) is 1. The summed E-state index contributed by atoms with van der Waals surface area (Å²) in [5.74, 6) is 3.10. The highest BCUT2D eigenvalue weighted by atomic mass is 32.2. The minimum Gasteiger partial charge on any atom is -0.310 e. The lowest BCUT2D eigenvalue weighted by atomic mass is 9.79. The van der Waals surface area contributed by atoms with Crippen LogP contribution in [0.15, 0.2) is 0 Å². The molecule has 2 heteroatoms. The molecular formula is C13H27NS. The van der Waals surface area contributed by atoms with Gasteiger partial charge in [-0.3, -0.25) is 0 Å². The van der Waals surface area contributed by atoms with Crippen molar-refractivity contribution in [2.75, 3.05) is 12.0 Å². The maximum atomic E-state index is 3.84. The van der Waals surface area contributed by atoms with Crippen molar-refractivity contribution in [1.82, 2.24) is 5.32 Å². The molecule has 0 aromatic carbocycles. The van der Waals surface area contributed by atoms with E-state index in [-0.39, 0.29) is 0 Å². The largest absolute Gasteiger partial charge is 0.310 e. The van der Waals surface area contributed by atoms with E-state index < -0.39 is 0 Å². The second-order valence-corrected chi connectivity index (χ2v) is 6.10. The molecule has 0 aromatic heterocycles. The quantitative estimate of drug-likeness (QED) is 0.774. The Bertz CT molecular complexity index is 172. The first kappa shape index (κ1) is 13.4. The van der Waals surface area contributed by atoms with Crippen LogP contribution in [0, 0.1) is 11.8 Å². The summed E-state index contributed by atoms with van der Waals surface area (Å²) in [6.45, 7) is 7.11. The summed E-state index contributed by atoms with van der Waals surface area (Å²) in [7, 11) is 0. The topological polar surface area (TPSA) is 12.0 Å². The molecule has 1 aliphatic carbocycles. The molecule has 4 atom stereocenters. The van der Waals surface area contributed by atoms with Gasteiger partial charge in [0.05, 0.1) is 0 Å². The van der Waals surface area contributed by atoms with Gasteiger partial charge in [-0.05, 0) is 43.8 Å².